The number of carbonyl (C=O) groups is 2. The maximum absolute atomic E-state index is 12.8. The quantitative estimate of drug-likeness (QED) is 0.766. The predicted octanol–water partition coefficient (Wildman–Crippen LogP) is 1.02. The largest absolute Gasteiger partial charge is 0.493 e. The van der Waals surface area contributed by atoms with E-state index >= 15 is 0 Å². The molecule has 2 aliphatic rings. The number of rotatable bonds is 4. The summed E-state index contributed by atoms with van der Waals surface area (Å²) in [6, 6.07) is 8.93. The van der Waals surface area contributed by atoms with Crippen LogP contribution in [-0.2, 0) is 28.5 Å². The second-order valence-corrected chi connectivity index (χ2v) is 5.34. The summed E-state index contributed by atoms with van der Waals surface area (Å²) < 4.78 is 21.0. The van der Waals surface area contributed by atoms with Crippen molar-refractivity contribution in [2.45, 2.75) is 6.10 Å². The number of amides is 1. The number of hydrogen-bond acceptors (Lipinski definition) is 6. The second-order valence-electron chi connectivity index (χ2n) is 5.34. The Kier molecular flexibility index (Phi) is 5.32. The van der Waals surface area contributed by atoms with Gasteiger partial charge in [0.2, 0.25) is 11.9 Å². The van der Waals surface area contributed by atoms with Crippen LogP contribution in [0.5, 0.6) is 0 Å². The highest BCUT2D eigenvalue weighted by Crippen LogP contribution is 2.23. The summed E-state index contributed by atoms with van der Waals surface area (Å²) in [7, 11) is 0. The average Bonchev–Trinajstić information content (AvgIpc) is 2.67. The van der Waals surface area contributed by atoms with Gasteiger partial charge < -0.3 is 23.8 Å². The molecule has 2 aliphatic heterocycles. The zero-order valence-electron chi connectivity index (χ0n) is 13.2. The minimum Gasteiger partial charge on any atom is -0.493 e. The number of morpholine rings is 1. The summed E-state index contributed by atoms with van der Waals surface area (Å²) in [4.78, 5) is 26.7. The highest BCUT2D eigenvalue weighted by molar-refractivity contribution is 5.90. The minimum atomic E-state index is -1.02. The Labute approximate surface area is 139 Å². The zero-order valence-corrected chi connectivity index (χ0v) is 13.2. The van der Waals surface area contributed by atoms with Crippen LogP contribution in [0.1, 0.15) is 11.7 Å². The first kappa shape index (κ1) is 16.3. The van der Waals surface area contributed by atoms with E-state index in [4.69, 9.17) is 18.9 Å². The molecular formula is C17H19NO6. The van der Waals surface area contributed by atoms with Crippen LogP contribution >= 0.6 is 0 Å². The Morgan fingerprint density at radius 2 is 1.79 bits per heavy atom. The molecule has 128 valence electrons. The van der Waals surface area contributed by atoms with Gasteiger partial charge >= 0.3 is 5.97 Å². The van der Waals surface area contributed by atoms with Crippen molar-refractivity contribution in [2.24, 2.45) is 0 Å². The molecule has 1 fully saturated rings. The Hall–Kier alpha value is -2.54. The standard InChI is InChI=1S/C17H19NO6/c19-16(18-6-8-21-9-7-18)15(13-4-2-1-3-5-13)24-17(20)14-12-22-10-11-23-14/h1-5,12,15H,6-11H2/t15-/m0/s1. The van der Waals surface area contributed by atoms with Crippen LogP contribution in [0.4, 0.5) is 0 Å². The Bertz CT molecular complexity index is 609. The molecule has 3 rings (SSSR count). The molecule has 0 unspecified atom stereocenters. The van der Waals surface area contributed by atoms with Gasteiger partial charge in [0, 0.05) is 18.7 Å². The molecule has 1 aromatic carbocycles. The zero-order chi connectivity index (χ0) is 16.8. The maximum Gasteiger partial charge on any atom is 0.378 e. The van der Waals surface area contributed by atoms with Crippen molar-refractivity contribution in [3.8, 4) is 0 Å². The Morgan fingerprint density at radius 3 is 2.46 bits per heavy atom. The highest BCUT2D eigenvalue weighted by Gasteiger charge is 2.32. The van der Waals surface area contributed by atoms with E-state index in [1.807, 2.05) is 6.07 Å². The van der Waals surface area contributed by atoms with Crippen molar-refractivity contribution < 1.29 is 28.5 Å². The van der Waals surface area contributed by atoms with Crippen molar-refractivity contribution in [3.05, 3.63) is 47.9 Å². The number of benzene rings is 1. The maximum atomic E-state index is 12.8. The van der Waals surface area contributed by atoms with Crippen LogP contribution in [0, 0.1) is 0 Å². The van der Waals surface area contributed by atoms with Crippen LogP contribution in [0.3, 0.4) is 0 Å². The molecule has 0 aliphatic carbocycles. The molecule has 7 nitrogen and oxygen atoms in total. The third-order valence-corrected chi connectivity index (χ3v) is 3.72. The molecule has 1 amide bonds. The molecule has 2 heterocycles. The lowest BCUT2D eigenvalue weighted by molar-refractivity contribution is -0.163. The first-order valence-corrected chi connectivity index (χ1v) is 7.83. The van der Waals surface area contributed by atoms with Gasteiger partial charge in [0.1, 0.15) is 19.5 Å². The van der Waals surface area contributed by atoms with Crippen molar-refractivity contribution in [1.29, 1.82) is 0 Å². The summed E-state index contributed by atoms with van der Waals surface area (Å²) in [6.07, 6.45) is 0.191. The van der Waals surface area contributed by atoms with Crippen LogP contribution in [0.15, 0.2) is 42.4 Å². The third-order valence-electron chi connectivity index (χ3n) is 3.72. The molecule has 1 aromatic rings. The molecule has 0 bridgehead atoms. The molecule has 0 radical (unpaired) electrons. The monoisotopic (exact) mass is 333 g/mol. The lowest BCUT2D eigenvalue weighted by atomic mass is 10.1. The van der Waals surface area contributed by atoms with Crippen LogP contribution in [-0.4, -0.2) is 56.3 Å². The fourth-order valence-electron chi connectivity index (χ4n) is 2.48. The van der Waals surface area contributed by atoms with Gasteiger partial charge in [-0.2, -0.15) is 0 Å². The molecule has 1 saturated heterocycles. The van der Waals surface area contributed by atoms with Gasteiger partial charge in [0.25, 0.3) is 5.91 Å². The lowest BCUT2D eigenvalue weighted by Crippen LogP contribution is -2.44. The van der Waals surface area contributed by atoms with Crippen LogP contribution in [0.2, 0.25) is 0 Å². The molecular weight excluding hydrogens is 314 g/mol. The van der Waals surface area contributed by atoms with E-state index in [9.17, 15) is 9.59 Å². The van der Waals surface area contributed by atoms with Gasteiger partial charge in [-0.05, 0) is 0 Å². The first-order chi connectivity index (χ1) is 11.8. The van der Waals surface area contributed by atoms with Crippen LogP contribution in [0.25, 0.3) is 0 Å². The van der Waals surface area contributed by atoms with E-state index < -0.39 is 12.1 Å². The minimum absolute atomic E-state index is 0.0306. The van der Waals surface area contributed by atoms with Crippen LogP contribution < -0.4 is 0 Å². The average molecular weight is 333 g/mol. The van der Waals surface area contributed by atoms with Crippen molar-refractivity contribution >= 4 is 11.9 Å². The first-order valence-electron chi connectivity index (χ1n) is 7.83. The smallest absolute Gasteiger partial charge is 0.378 e. The molecule has 24 heavy (non-hydrogen) atoms. The molecule has 1 atom stereocenters. The van der Waals surface area contributed by atoms with E-state index in [-0.39, 0.29) is 18.3 Å². The van der Waals surface area contributed by atoms with Gasteiger partial charge in [-0.1, -0.05) is 30.3 Å². The van der Waals surface area contributed by atoms with Gasteiger partial charge in [0.05, 0.1) is 13.2 Å². The normalized spacial score (nSPS) is 18.7. The Balaban J connectivity index is 1.78. The number of esters is 1. The van der Waals surface area contributed by atoms with E-state index in [2.05, 4.69) is 0 Å². The van der Waals surface area contributed by atoms with E-state index in [1.54, 1.807) is 29.2 Å². The summed E-state index contributed by atoms with van der Waals surface area (Å²) in [6.45, 7) is 2.55. The number of nitrogens with zero attached hydrogens (tertiary/aromatic N) is 1. The summed E-state index contributed by atoms with van der Waals surface area (Å²) in [5, 5.41) is 0. The molecule has 0 saturated carbocycles. The van der Waals surface area contributed by atoms with E-state index in [0.717, 1.165) is 0 Å². The van der Waals surface area contributed by atoms with Gasteiger partial charge in [0.15, 0.2) is 0 Å². The predicted molar refractivity (Wildman–Crippen MR) is 82.7 cm³/mol. The van der Waals surface area contributed by atoms with Gasteiger partial charge in [-0.3, -0.25) is 4.79 Å². The molecule has 0 aromatic heterocycles. The molecule has 7 heteroatoms. The fourth-order valence-corrected chi connectivity index (χ4v) is 2.48. The number of carbonyl (C=O) groups excluding carboxylic acids is 2. The number of ether oxygens (including phenoxy) is 4. The van der Waals surface area contributed by atoms with Crippen molar-refractivity contribution in [1.82, 2.24) is 4.90 Å². The number of hydrogen-bond donors (Lipinski definition) is 0. The highest BCUT2D eigenvalue weighted by atomic mass is 16.6. The van der Waals surface area contributed by atoms with E-state index in [0.29, 0.717) is 38.5 Å². The lowest BCUT2D eigenvalue weighted by Gasteiger charge is -2.30. The topological polar surface area (TPSA) is 74.3 Å². The third kappa shape index (κ3) is 3.86. The fraction of sp³-hybridized carbons (Fsp3) is 0.412. The molecule has 0 spiro atoms. The second kappa shape index (κ2) is 7.83. The SMILES string of the molecule is O=C(O[C@H](C(=O)N1CCOCC1)c1ccccc1)C1=COCCO1. The van der Waals surface area contributed by atoms with Gasteiger partial charge in [-0.25, -0.2) is 4.79 Å². The van der Waals surface area contributed by atoms with Crippen molar-refractivity contribution in [2.75, 3.05) is 39.5 Å². The van der Waals surface area contributed by atoms with E-state index in [1.165, 1.54) is 6.26 Å². The Morgan fingerprint density at radius 1 is 1.04 bits per heavy atom. The van der Waals surface area contributed by atoms with Gasteiger partial charge in [-0.15, -0.1) is 0 Å². The van der Waals surface area contributed by atoms with Crippen molar-refractivity contribution in [3.63, 3.8) is 0 Å². The summed E-state index contributed by atoms with van der Waals surface area (Å²) >= 11 is 0. The molecule has 0 N–H and O–H groups in total. The summed E-state index contributed by atoms with van der Waals surface area (Å²) in [5.41, 5.74) is 0.611. The summed E-state index contributed by atoms with van der Waals surface area (Å²) in [5.74, 6) is -1.02.